The summed E-state index contributed by atoms with van der Waals surface area (Å²) < 4.78 is 5.66. The Hall–Kier alpha value is -1.00. The molecule has 0 fully saturated rings. The van der Waals surface area contributed by atoms with E-state index in [1.165, 1.54) is 0 Å². The maximum Gasteiger partial charge on any atom is 0.160 e. The summed E-state index contributed by atoms with van der Waals surface area (Å²) in [5.41, 5.74) is 0.166. The number of hydrogen-bond donors (Lipinski definition) is 1. The number of aromatic nitrogens is 2. The third-order valence-corrected chi connectivity index (χ3v) is 2.49. The smallest absolute Gasteiger partial charge is 0.160 e. The zero-order chi connectivity index (χ0) is 11.3. The first-order valence-corrected chi connectivity index (χ1v) is 5.23. The molecule has 4 nitrogen and oxygen atoms in total. The lowest BCUT2D eigenvalue weighted by Crippen LogP contribution is -2.28. The Labute approximate surface area is 90.3 Å². The predicted molar refractivity (Wildman–Crippen MR) is 57.2 cm³/mol. The summed E-state index contributed by atoms with van der Waals surface area (Å²) >= 11 is 0. The molecule has 1 N–H and O–H groups in total. The van der Waals surface area contributed by atoms with Crippen molar-refractivity contribution in [3.63, 3.8) is 0 Å². The van der Waals surface area contributed by atoms with E-state index in [2.05, 4.69) is 9.97 Å². The minimum absolute atomic E-state index is 0.0680. The van der Waals surface area contributed by atoms with E-state index in [-0.39, 0.29) is 6.61 Å². The third-order valence-electron chi connectivity index (χ3n) is 2.49. The first-order valence-electron chi connectivity index (χ1n) is 5.23. The highest BCUT2D eigenvalue weighted by molar-refractivity contribution is 5.06. The van der Waals surface area contributed by atoms with Crippen molar-refractivity contribution in [2.75, 3.05) is 6.61 Å². The van der Waals surface area contributed by atoms with E-state index in [0.29, 0.717) is 18.1 Å². The van der Waals surface area contributed by atoms with Gasteiger partial charge in [-0.1, -0.05) is 6.92 Å². The largest absolute Gasteiger partial charge is 0.390 e. The molecule has 0 spiro atoms. The Balaban J connectivity index is 3.00. The molecule has 1 atom stereocenters. The zero-order valence-electron chi connectivity index (χ0n) is 9.53. The Morgan fingerprint density at radius 1 is 1.47 bits per heavy atom. The van der Waals surface area contributed by atoms with Crippen LogP contribution in [0.25, 0.3) is 0 Å². The number of ether oxygens (including phenoxy) is 1. The molecular weight excluding hydrogens is 192 g/mol. The average Bonchev–Trinajstić information content (AvgIpc) is 2.29. The molecular formula is C11H18N2O2. The van der Waals surface area contributed by atoms with Crippen LogP contribution in [-0.2, 0) is 16.9 Å². The third kappa shape index (κ3) is 2.73. The van der Waals surface area contributed by atoms with Gasteiger partial charge in [-0.25, -0.2) is 9.97 Å². The van der Waals surface area contributed by atoms with Gasteiger partial charge >= 0.3 is 0 Å². The quantitative estimate of drug-likeness (QED) is 0.802. The monoisotopic (exact) mass is 210 g/mol. The minimum Gasteiger partial charge on any atom is -0.390 e. The number of aliphatic hydroxyl groups excluding tert-OH is 1. The van der Waals surface area contributed by atoms with Gasteiger partial charge in [-0.3, -0.25) is 0 Å². The first kappa shape index (κ1) is 12.1. The predicted octanol–water partition coefficient (Wildman–Crippen LogP) is 1.63. The molecule has 15 heavy (non-hydrogen) atoms. The van der Waals surface area contributed by atoms with Crippen molar-refractivity contribution in [3.05, 3.63) is 23.8 Å². The molecule has 1 heterocycles. The standard InChI is InChI=1S/C11H18N2O2/c1-4-11(3,15-5-2)10-12-7-6-9(8-14)13-10/h6-7,14H,4-5,8H2,1-3H3. The molecule has 0 radical (unpaired) electrons. The van der Waals surface area contributed by atoms with Crippen LogP contribution in [0.1, 0.15) is 38.7 Å². The van der Waals surface area contributed by atoms with Gasteiger partial charge in [-0.15, -0.1) is 0 Å². The number of rotatable bonds is 5. The first-order chi connectivity index (χ1) is 7.16. The van der Waals surface area contributed by atoms with E-state index in [4.69, 9.17) is 9.84 Å². The lowest BCUT2D eigenvalue weighted by atomic mass is 10.0. The van der Waals surface area contributed by atoms with Crippen LogP contribution in [0.2, 0.25) is 0 Å². The van der Waals surface area contributed by atoms with E-state index in [1.54, 1.807) is 12.3 Å². The summed E-state index contributed by atoms with van der Waals surface area (Å²) in [7, 11) is 0. The molecule has 1 aromatic heterocycles. The second-order valence-corrected chi connectivity index (χ2v) is 3.55. The fraction of sp³-hybridized carbons (Fsp3) is 0.636. The SMILES string of the molecule is CCOC(C)(CC)c1nccc(CO)n1. The van der Waals surface area contributed by atoms with Crippen LogP contribution in [-0.4, -0.2) is 21.7 Å². The molecule has 0 aromatic carbocycles. The molecule has 0 aliphatic carbocycles. The highest BCUT2D eigenvalue weighted by atomic mass is 16.5. The molecule has 0 aliphatic heterocycles. The van der Waals surface area contributed by atoms with E-state index in [9.17, 15) is 0 Å². The summed E-state index contributed by atoms with van der Waals surface area (Å²) in [6.07, 6.45) is 2.45. The summed E-state index contributed by atoms with van der Waals surface area (Å²) in [6.45, 7) is 6.50. The van der Waals surface area contributed by atoms with Crippen LogP contribution in [0.5, 0.6) is 0 Å². The normalized spacial score (nSPS) is 14.9. The molecule has 0 amide bonds. The molecule has 1 aromatic rings. The number of hydrogen-bond acceptors (Lipinski definition) is 4. The van der Waals surface area contributed by atoms with Gasteiger partial charge in [0.1, 0.15) is 5.60 Å². The Morgan fingerprint density at radius 3 is 2.73 bits per heavy atom. The van der Waals surface area contributed by atoms with Gasteiger partial charge in [0, 0.05) is 12.8 Å². The van der Waals surface area contributed by atoms with Crippen molar-refractivity contribution in [3.8, 4) is 0 Å². The van der Waals surface area contributed by atoms with E-state index < -0.39 is 5.60 Å². The molecule has 0 bridgehead atoms. The average molecular weight is 210 g/mol. The Bertz CT molecular complexity index is 317. The maximum atomic E-state index is 9.00. The van der Waals surface area contributed by atoms with E-state index in [1.807, 2.05) is 20.8 Å². The van der Waals surface area contributed by atoms with Gasteiger partial charge in [-0.2, -0.15) is 0 Å². The highest BCUT2D eigenvalue weighted by Crippen LogP contribution is 2.25. The summed E-state index contributed by atoms with van der Waals surface area (Å²) in [5, 5.41) is 9.00. The molecule has 4 heteroatoms. The van der Waals surface area contributed by atoms with Crippen molar-refractivity contribution in [2.24, 2.45) is 0 Å². The Morgan fingerprint density at radius 2 is 2.20 bits per heavy atom. The van der Waals surface area contributed by atoms with Gasteiger partial charge in [0.25, 0.3) is 0 Å². The fourth-order valence-electron chi connectivity index (χ4n) is 1.38. The number of aliphatic hydroxyl groups is 1. The van der Waals surface area contributed by atoms with Crippen molar-refractivity contribution < 1.29 is 9.84 Å². The van der Waals surface area contributed by atoms with E-state index >= 15 is 0 Å². The lowest BCUT2D eigenvalue weighted by Gasteiger charge is -2.26. The minimum atomic E-state index is -0.458. The second kappa shape index (κ2) is 5.19. The fourth-order valence-corrected chi connectivity index (χ4v) is 1.38. The van der Waals surface area contributed by atoms with Crippen LogP contribution in [0.4, 0.5) is 0 Å². The highest BCUT2D eigenvalue weighted by Gasteiger charge is 2.28. The van der Waals surface area contributed by atoms with Crippen molar-refractivity contribution in [1.29, 1.82) is 0 Å². The second-order valence-electron chi connectivity index (χ2n) is 3.55. The van der Waals surface area contributed by atoms with Crippen molar-refractivity contribution in [2.45, 2.75) is 39.4 Å². The molecule has 84 valence electrons. The van der Waals surface area contributed by atoms with Gasteiger partial charge in [0.05, 0.1) is 12.3 Å². The van der Waals surface area contributed by atoms with Gasteiger partial charge in [0.2, 0.25) is 0 Å². The lowest BCUT2D eigenvalue weighted by molar-refractivity contribution is -0.0393. The van der Waals surface area contributed by atoms with Gasteiger partial charge in [0.15, 0.2) is 5.82 Å². The van der Waals surface area contributed by atoms with Gasteiger partial charge < -0.3 is 9.84 Å². The topological polar surface area (TPSA) is 55.2 Å². The van der Waals surface area contributed by atoms with Crippen LogP contribution >= 0.6 is 0 Å². The maximum absolute atomic E-state index is 9.00. The van der Waals surface area contributed by atoms with Crippen LogP contribution in [0.15, 0.2) is 12.3 Å². The summed E-state index contributed by atoms with van der Waals surface area (Å²) in [5.74, 6) is 0.637. The molecule has 1 unspecified atom stereocenters. The van der Waals surface area contributed by atoms with Crippen molar-refractivity contribution in [1.82, 2.24) is 9.97 Å². The van der Waals surface area contributed by atoms with Gasteiger partial charge in [-0.05, 0) is 26.3 Å². The van der Waals surface area contributed by atoms with Crippen molar-refractivity contribution >= 4 is 0 Å². The molecule has 0 saturated carbocycles. The summed E-state index contributed by atoms with van der Waals surface area (Å²) in [4.78, 5) is 8.47. The van der Waals surface area contributed by atoms with Crippen LogP contribution in [0, 0.1) is 0 Å². The number of nitrogens with zero attached hydrogens (tertiary/aromatic N) is 2. The van der Waals surface area contributed by atoms with E-state index in [0.717, 1.165) is 6.42 Å². The molecule has 0 aliphatic rings. The van der Waals surface area contributed by atoms with Crippen LogP contribution < -0.4 is 0 Å². The molecule has 1 rings (SSSR count). The Kier molecular flexibility index (Phi) is 4.17. The van der Waals surface area contributed by atoms with Crippen LogP contribution in [0.3, 0.4) is 0 Å². The summed E-state index contributed by atoms with van der Waals surface area (Å²) in [6, 6.07) is 1.70. The molecule has 0 saturated heterocycles. The zero-order valence-corrected chi connectivity index (χ0v) is 9.53.